The molecule has 0 spiro atoms. The lowest BCUT2D eigenvalue weighted by Crippen LogP contribution is -2.23. The van der Waals surface area contributed by atoms with E-state index in [1.807, 2.05) is 11.7 Å². The first-order valence-corrected chi connectivity index (χ1v) is 7.41. The SMILES string of the molecule is CCCn1ncc(Cl)c1C(NC)c1cc(C)ccc1C. The highest BCUT2D eigenvalue weighted by atomic mass is 35.5. The average Bonchev–Trinajstić information content (AvgIpc) is 2.77. The number of aromatic nitrogens is 2. The zero-order valence-corrected chi connectivity index (χ0v) is 13.3. The molecule has 0 aliphatic carbocycles. The molecule has 1 aromatic heterocycles. The van der Waals surface area contributed by atoms with Gasteiger partial charge >= 0.3 is 0 Å². The maximum atomic E-state index is 6.37. The van der Waals surface area contributed by atoms with Crippen LogP contribution in [0.1, 0.15) is 41.8 Å². The minimum Gasteiger partial charge on any atom is -0.308 e. The van der Waals surface area contributed by atoms with Crippen LogP contribution in [0.15, 0.2) is 24.4 Å². The first-order chi connectivity index (χ1) is 9.58. The second-order valence-corrected chi connectivity index (χ2v) is 5.59. The summed E-state index contributed by atoms with van der Waals surface area (Å²) < 4.78 is 2.01. The predicted octanol–water partition coefficient (Wildman–Crippen LogP) is 3.87. The molecule has 2 rings (SSSR count). The molecule has 0 aliphatic rings. The van der Waals surface area contributed by atoms with Crippen LogP contribution in [0, 0.1) is 13.8 Å². The summed E-state index contributed by atoms with van der Waals surface area (Å²) in [7, 11) is 1.96. The molecule has 0 fully saturated rings. The van der Waals surface area contributed by atoms with Crippen molar-refractivity contribution < 1.29 is 0 Å². The second-order valence-electron chi connectivity index (χ2n) is 5.18. The third-order valence-corrected chi connectivity index (χ3v) is 3.87. The van der Waals surface area contributed by atoms with Crippen LogP contribution in [0.25, 0.3) is 0 Å². The van der Waals surface area contributed by atoms with Crippen molar-refractivity contribution in [2.45, 2.75) is 39.8 Å². The fourth-order valence-corrected chi connectivity index (χ4v) is 2.81. The van der Waals surface area contributed by atoms with E-state index in [0.29, 0.717) is 0 Å². The quantitative estimate of drug-likeness (QED) is 0.906. The first-order valence-electron chi connectivity index (χ1n) is 7.04. The van der Waals surface area contributed by atoms with E-state index >= 15 is 0 Å². The third-order valence-electron chi connectivity index (χ3n) is 3.58. The third kappa shape index (κ3) is 2.89. The van der Waals surface area contributed by atoms with Gasteiger partial charge in [0.05, 0.1) is 23.0 Å². The van der Waals surface area contributed by atoms with Gasteiger partial charge in [-0.15, -0.1) is 0 Å². The van der Waals surface area contributed by atoms with E-state index in [9.17, 15) is 0 Å². The second kappa shape index (κ2) is 6.42. The molecule has 1 unspecified atom stereocenters. The number of nitrogens with one attached hydrogen (secondary N) is 1. The number of benzene rings is 1. The van der Waals surface area contributed by atoms with E-state index in [-0.39, 0.29) is 6.04 Å². The van der Waals surface area contributed by atoms with Crippen LogP contribution in [0.3, 0.4) is 0 Å². The highest BCUT2D eigenvalue weighted by Gasteiger charge is 2.22. The molecule has 0 saturated carbocycles. The van der Waals surface area contributed by atoms with E-state index in [0.717, 1.165) is 23.7 Å². The first kappa shape index (κ1) is 15.1. The summed E-state index contributed by atoms with van der Waals surface area (Å²) in [6.45, 7) is 7.27. The van der Waals surface area contributed by atoms with Gasteiger partial charge in [-0.25, -0.2) is 0 Å². The van der Waals surface area contributed by atoms with Gasteiger partial charge in [0.25, 0.3) is 0 Å². The molecule has 0 bridgehead atoms. The molecule has 4 heteroatoms. The molecule has 1 aromatic carbocycles. The van der Waals surface area contributed by atoms with Gasteiger partial charge in [-0.05, 0) is 38.4 Å². The number of nitrogens with zero attached hydrogens (tertiary/aromatic N) is 2. The van der Waals surface area contributed by atoms with Gasteiger partial charge in [0.15, 0.2) is 0 Å². The minimum atomic E-state index is 0.0662. The van der Waals surface area contributed by atoms with E-state index in [1.165, 1.54) is 16.7 Å². The number of aryl methyl sites for hydroxylation is 3. The molecule has 1 atom stereocenters. The van der Waals surface area contributed by atoms with Crippen molar-refractivity contribution in [3.63, 3.8) is 0 Å². The molecule has 0 amide bonds. The van der Waals surface area contributed by atoms with Crippen LogP contribution in [0.2, 0.25) is 5.02 Å². The smallest absolute Gasteiger partial charge is 0.0837 e. The van der Waals surface area contributed by atoms with Crippen LogP contribution in [-0.2, 0) is 6.54 Å². The van der Waals surface area contributed by atoms with E-state index in [2.05, 4.69) is 49.4 Å². The number of rotatable bonds is 5. The summed E-state index contributed by atoms with van der Waals surface area (Å²) in [5, 5.41) is 8.50. The fourth-order valence-electron chi connectivity index (χ4n) is 2.56. The maximum absolute atomic E-state index is 6.37. The summed E-state index contributed by atoms with van der Waals surface area (Å²) in [5.74, 6) is 0. The molecule has 0 radical (unpaired) electrons. The largest absolute Gasteiger partial charge is 0.308 e. The van der Waals surface area contributed by atoms with Crippen molar-refractivity contribution in [1.29, 1.82) is 0 Å². The molecular weight excluding hydrogens is 270 g/mol. The van der Waals surface area contributed by atoms with Crippen LogP contribution in [0.4, 0.5) is 0 Å². The average molecular weight is 292 g/mol. The fraction of sp³-hybridized carbons (Fsp3) is 0.438. The lowest BCUT2D eigenvalue weighted by atomic mass is 9.96. The molecular formula is C16H22ClN3. The Labute approximate surface area is 126 Å². The van der Waals surface area contributed by atoms with Gasteiger partial charge in [-0.1, -0.05) is 42.3 Å². The van der Waals surface area contributed by atoms with Gasteiger partial charge < -0.3 is 5.32 Å². The van der Waals surface area contributed by atoms with Gasteiger partial charge in [-0.2, -0.15) is 5.10 Å². The van der Waals surface area contributed by atoms with Crippen LogP contribution < -0.4 is 5.32 Å². The summed E-state index contributed by atoms with van der Waals surface area (Å²) in [6, 6.07) is 6.58. The Morgan fingerprint density at radius 1 is 1.35 bits per heavy atom. The Morgan fingerprint density at radius 3 is 2.75 bits per heavy atom. The van der Waals surface area contributed by atoms with Crippen LogP contribution in [0.5, 0.6) is 0 Å². The normalized spacial score (nSPS) is 12.7. The van der Waals surface area contributed by atoms with Crippen LogP contribution in [-0.4, -0.2) is 16.8 Å². The van der Waals surface area contributed by atoms with E-state index in [4.69, 9.17) is 11.6 Å². The summed E-state index contributed by atoms with van der Waals surface area (Å²) >= 11 is 6.37. The monoisotopic (exact) mass is 291 g/mol. The van der Waals surface area contributed by atoms with Crippen molar-refractivity contribution >= 4 is 11.6 Å². The number of hydrogen-bond acceptors (Lipinski definition) is 2. The molecule has 1 N–H and O–H groups in total. The molecule has 1 heterocycles. The van der Waals surface area contributed by atoms with Crippen molar-refractivity contribution in [1.82, 2.24) is 15.1 Å². The highest BCUT2D eigenvalue weighted by molar-refractivity contribution is 6.31. The molecule has 3 nitrogen and oxygen atoms in total. The van der Waals surface area contributed by atoms with Gasteiger partial charge in [-0.3, -0.25) is 4.68 Å². The zero-order chi connectivity index (χ0) is 14.7. The Kier molecular flexibility index (Phi) is 4.84. The van der Waals surface area contributed by atoms with Crippen molar-refractivity contribution in [2.24, 2.45) is 0 Å². The Balaban J connectivity index is 2.52. The minimum absolute atomic E-state index is 0.0662. The zero-order valence-electron chi connectivity index (χ0n) is 12.6. The molecule has 20 heavy (non-hydrogen) atoms. The predicted molar refractivity (Wildman–Crippen MR) is 84.3 cm³/mol. The molecule has 108 valence electrons. The Bertz CT molecular complexity index is 589. The Morgan fingerprint density at radius 2 is 2.10 bits per heavy atom. The van der Waals surface area contributed by atoms with Gasteiger partial charge in [0.1, 0.15) is 0 Å². The van der Waals surface area contributed by atoms with Gasteiger partial charge in [0.2, 0.25) is 0 Å². The van der Waals surface area contributed by atoms with E-state index < -0.39 is 0 Å². The summed E-state index contributed by atoms with van der Waals surface area (Å²) in [4.78, 5) is 0. The Hall–Kier alpha value is -1.32. The number of hydrogen-bond donors (Lipinski definition) is 1. The summed E-state index contributed by atoms with van der Waals surface area (Å²) in [6.07, 6.45) is 2.77. The topological polar surface area (TPSA) is 29.9 Å². The molecule has 0 aliphatic heterocycles. The van der Waals surface area contributed by atoms with Crippen molar-refractivity contribution in [2.75, 3.05) is 7.05 Å². The highest BCUT2D eigenvalue weighted by Crippen LogP contribution is 2.30. The standard InChI is InChI=1S/C16H22ClN3/c1-5-8-20-16(14(17)10-19-20)15(18-4)13-9-11(2)6-7-12(13)3/h6-7,9-10,15,18H,5,8H2,1-4H3. The lowest BCUT2D eigenvalue weighted by Gasteiger charge is -2.21. The van der Waals surface area contributed by atoms with Crippen LogP contribution >= 0.6 is 11.6 Å². The number of halogens is 1. The van der Waals surface area contributed by atoms with Crippen molar-refractivity contribution in [3.05, 3.63) is 51.8 Å². The maximum Gasteiger partial charge on any atom is 0.0837 e. The van der Waals surface area contributed by atoms with Crippen molar-refractivity contribution in [3.8, 4) is 0 Å². The van der Waals surface area contributed by atoms with Gasteiger partial charge in [0, 0.05) is 6.54 Å². The summed E-state index contributed by atoms with van der Waals surface area (Å²) in [5.41, 5.74) is 4.82. The van der Waals surface area contributed by atoms with E-state index in [1.54, 1.807) is 6.20 Å². The molecule has 0 saturated heterocycles. The molecule has 2 aromatic rings. The lowest BCUT2D eigenvalue weighted by molar-refractivity contribution is 0.534.